The summed E-state index contributed by atoms with van der Waals surface area (Å²) in [6, 6.07) is 6.62. The molecule has 0 unspecified atom stereocenters. The van der Waals surface area contributed by atoms with Crippen LogP contribution in [-0.2, 0) is 6.42 Å². The molecule has 1 heterocycles. The summed E-state index contributed by atoms with van der Waals surface area (Å²) in [7, 11) is 0. The van der Waals surface area contributed by atoms with Crippen molar-refractivity contribution in [3.8, 4) is 0 Å². The molecule has 1 aliphatic heterocycles. The molecule has 2 heteroatoms. The van der Waals surface area contributed by atoms with Gasteiger partial charge in [-0.25, -0.2) is 0 Å². The molecule has 1 nitrogen and oxygen atoms in total. The lowest BCUT2D eigenvalue weighted by molar-refractivity contribution is 0.541. The Kier molecular flexibility index (Phi) is 2.07. The molecule has 1 aliphatic rings. The highest BCUT2D eigenvalue weighted by Crippen LogP contribution is 2.25. The van der Waals surface area contributed by atoms with E-state index in [1.807, 2.05) is 6.07 Å². The Bertz CT molecular complexity index is 296. The number of hydrogen-bond acceptors (Lipinski definition) is 1. The lowest BCUT2D eigenvalue weighted by Crippen LogP contribution is -2.27. The minimum absolute atomic E-state index is 0.451. The van der Waals surface area contributed by atoms with Crippen molar-refractivity contribution in [3.63, 3.8) is 0 Å². The Labute approximate surface area is 77.7 Å². The Morgan fingerprint density at radius 2 is 2.33 bits per heavy atom. The van der Waals surface area contributed by atoms with Crippen molar-refractivity contribution < 1.29 is 0 Å². The van der Waals surface area contributed by atoms with Gasteiger partial charge in [0.2, 0.25) is 0 Å². The van der Waals surface area contributed by atoms with E-state index in [1.54, 1.807) is 0 Å². The van der Waals surface area contributed by atoms with Crippen LogP contribution in [-0.4, -0.2) is 6.54 Å². The molecule has 0 saturated heterocycles. The SMILES string of the molecule is C[C@H]1NCCc2ccc(Cl)cc21. The van der Waals surface area contributed by atoms with E-state index in [9.17, 15) is 0 Å². The topological polar surface area (TPSA) is 12.0 Å². The van der Waals surface area contributed by atoms with Gasteiger partial charge in [-0.1, -0.05) is 17.7 Å². The third-order valence-electron chi connectivity index (χ3n) is 2.42. The normalized spacial score (nSPS) is 22.0. The van der Waals surface area contributed by atoms with E-state index >= 15 is 0 Å². The van der Waals surface area contributed by atoms with Crippen LogP contribution < -0.4 is 5.32 Å². The molecule has 2 rings (SSSR count). The van der Waals surface area contributed by atoms with Crippen LogP contribution >= 0.6 is 11.6 Å². The van der Waals surface area contributed by atoms with Gasteiger partial charge in [0.05, 0.1) is 0 Å². The predicted octanol–water partition coefficient (Wildman–Crippen LogP) is 2.55. The molecular formula is C10H12ClN. The van der Waals surface area contributed by atoms with Gasteiger partial charge in [-0.2, -0.15) is 0 Å². The van der Waals surface area contributed by atoms with E-state index in [4.69, 9.17) is 11.6 Å². The Morgan fingerprint density at radius 1 is 1.50 bits per heavy atom. The molecule has 1 atom stereocenters. The predicted molar refractivity (Wildman–Crippen MR) is 51.6 cm³/mol. The van der Waals surface area contributed by atoms with Crippen LogP contribution in [0.15, 0.2) is 18.2 Å². The average Bonchev–Trinajstić information content (AvgIpc) is 2.07. The maximum atomic E-state index is 5.91. The number of rotatable bonds is 0. The van der Waals surface area contributed by atoms with E-state index in [0.717, 1.165) is 18.0 Å². The zero-order valence-corrected chi connectivity index (χ0v) is 7.86. The number of halogens is 1. The van der Waals surface area contributed by atoms with Crippen LogP contribution in [0, 0.1) is 0 Å². The van der Waals surface area contributed by atoms with Crippen molar-refractivity contribution in [3.05, 3.63) is 34.3 Å². The quantitative estimate of drug-likeness (QED) is 0.649. The summed E-state index contributed by atoms with van der Waals surface area (Å²) in [5.41, 5.74) is 2.79. The minimum atomic E-state index is 0.451. The van der Waals surface area contributed by atoms with Gasteiger partial charge in [0.1, 0.15) is 0 Å². The summed E-state index contributed by atoms with van der Waals surface area (Å²) in [5, 5.41) is 4.24. The van der Waals surface area contributed by atoms with Crippen LogP contribution in [0.4, 0.5) is 0 Å². The Hall–Kier alpha value is -0.530. The molecule has 0 radical (unpaired) electrons. The third kappa shape index (κ3) is 1.35. The highest BCUT2D eigenvalue weighted by atomic mass is 35.5. The van der Waals surface area contributed by atoms with E-state index in [2.05, 4.69) is 24.4 Å². The van der Waals surface area contributed by atoms with Gasteiger partial charge < -0.3 is 5.32 Å². The third-order valence-corrected chi connectivity index (χ3v) is 2.65. The molecule has 1 aromatic rings. The van der Waals surface area contributed by atoms with E-state index in [0.29, 0.717) is 6.04 Å². The van der Waals surface area contributed by atoms with Gasteiger partial charge in [0, 0.05) is 11.1 Å². The molecule has 0 bridgehead atoms. The van der Waals surface area contributed by atoms with Crippen LogP contribution in [0.25, 0.3) is 0 Å². The first-order valence-electron chi connectivity index (χ1n) is 4.29. The second kappa shape index (κ2) is 3.08. The van der Waals surface area contributed by atoms with Gasteiger partial charge in [-0.05, 0) is 43.1 Å². The lowest BCUT2D eigenvalue weighted by atomic mass is 9.96. The van der Waals surface area contributed by atoms with Gasteiger partial charge >= 0.3 is 0 Å². The van der Waals surface area contributed by atoms with Crippen molar-refractivity contribution in [1.82, 2.24) is 5.32 Å². The van der Waals surface area contributed by atoms with Crippen molar-refractivity contribution in [1.29, 1.82) is 0 Å². The first-order chi connectivity index (χ1) is 5.77. The maximum absolute atomic E-state index is 5.91. The van der Waals surface area contributed by atoms with Crippen LogP contribution in [0.1, 0.15) is 24.1 Å². The van der Waals surface area contributed by atoms with Crippen molar-refractivity contribution in [2.45, 2.75) is 19.4 Å². The lowest BCUT2D eigenvalue weighted by Gasteiger charge is -2.23. The van der Waals surface area contributed by atoms with E-state index in [1.165, 1.54) is 11.1 Å². The zero-order chi connectivity index (χ0) is 8.55. The fraction of sp³-hybridized carbons (Fsp3) is 0.400. The van der Waals surface area contributed by atoms with Crippen LogP contribution in [0.5, 0.6) is 0 Å². The minimum Gasteiger partial charge on any atom is -0.310 e. The molecule has 0 aromatic heterocycles. The van der Waals surface area contributed by atoms with Crippen molar-refractivity contribution in [2.24, 2.45) is 0 Å². The Morgan fingerprint density at radius 3 is 3.17 bits per heavy atom. The number of nitrogens with one attached hydrogen (secondary N) is 1. The number of benzene rings is 1. The summed E-state index contributed by atoms with van der Waals surface area (Å²) in [5.74, 6) is 0. The smallest absolute Gasteiger partial charge is 0.0409 e. The fourth-order valence-corrected chi connectivity index (χ4v) is 1.91. The van der Waals surface area contributed by atoms with E-state index < -0.39 is 0 Å². The average molecular weight is 182 g/mol. The van der Waals surface area contributed by atoms with Crippen molar-refractivity contribution >= 4 is 11.6 Å². The summed E-state index contributed by atoms with van der Waals surface area (Å²) in [6.07, 6.45) is 1.12. The molecule has 0 fully saturated rings. The van der Waals surface area contributed by atoms with Gasteiger partial charge in [-0.15, -0.1) is 0 Å². The van der Waals surface area contributed by atoms with Crippen LogP contribution in [0.3, 0.4) is 0 Å². The molecule has 0 saturated carbocycles. The largest absolute Gasteiger partial charge is 0.310 e. The molecule has 1 aromatic carbocycles. The van der Waals surface area contributed by atoms with Gasteiger partial charge in [0.15, 0.2) is 0 Å². The number of fused-ring (bicyclic) bond motifs is 1. The Balaban J connectivity index is 2.47. The maximum Gasteiger partial charge on any atom is 0.0409 e. The molecule has 12 heavy (non-hydrogen) atoms. The van der Waals surface area contributed by atoms with Gasteiger partial charge in [0.25, 0.3) is 0 Å². The monoisotopic (exact) mass is 181 g/mol. The van der Waals surface area contributed by atoms with Gasteiger partial charge in [-0.3, -0.25) is 0 Å². The second-order valence-corrected chi connectivity index (χ2v) is 3.71. The first kappa shape index (κ1) is 8.09. The first-order valence-corrected chi connectivity index (χ1v) is 4.67. The number of hydrogen-bond donors (Lipinski definition) is 1. The molecule has 0 spiro atoms. The highest BCUT2D eigenvalue weighted by molar-refractivity contribution is 6.30. The van der Waals surface area contributed by atoms with Crippen LogP contribution in [0.2, 0.25) is 5.02 Å². The molecule has 0 amide bonds. The summed E-state index contributed by atoms with van der Waals surface area (Å²) in [6.45, 7) is 3.25. The zero-order valence-electron chi connectivity index (χ0n) is 7.10. The molecule has 0 aliphatic carbocycles. The molecule has 1 N–H and O–H groups in total. The summed E-state index contributed by atoms with van der Waals surface area (Å²) >= 11 is 5.91. The molecular weight excluding hydrogens is 170 g/mol. The standard InChI is InChI=1S/C10H12ClN/c1-7-10-6-9(11)3-2-8(10)4-5-12-7/h2-3,6-7,12H,4-5H2,1H3/t7-/m1/s1. The van der Waals surface area contributed by atoms with Crippen molar-refractivity contribution in [2.75, 3.05) is 6.54 Å². The highest BCUT2D eigenvalue weighted by Gasteiger charge is 2.14. The second-order valence-electron chi connectivity index (χ2n) is 3.27. The summed E-state index contributed by atoms with van der Waals surface area (Å²) < 4.78 is 0. The fourth-order valence-electron chi connectivity index (χ4n) is 1.73. The van der Waals surface area contributed by atoms with E-state index in [-0.39, 0.29) is 0 Å². The summed E-state index contributed by atoms with van der Waals surface area (Å²) in [4.78, 5) is 0. The molecule has 64 valence electrons.